The number of furan rings is 1. The normalized spacial score (nSPS) is 10.9. The highest BCUT2D eigenvalue weighted by molar-refractivity contribution is 7.13. The summed E-state index contributed by atoms with van der Waals surface area (Å²) >= 11 is 1.47. The number of thiazole rings is 1. The highest BCUT2D eigenvalue weighted by Crippen LogP contribution is 2.26. The van der Waals surface area contributed by atoms with Gasteiger partial charge in [-0.2, -0.15) is 5.10 Å². The largest absolute Gasteiger partial charge is 0.459 e. The molecule has 0 atom stereocenters. The highest BCUT2D eigenvalue weighted by atomic mass is 32.1. The van der Waals surface area contributed by atoms with Crippen molar-refractivity contribution in [3.8, 4) is 10.8 Å². The fraction of sp³-hybridized carbons (Fsp3) is 0.150. The third-order valence-corrected chi connectivity index (χ3v) is 4.93. The molecule has 6 nitrogen and oxygen atoms in total. The smallest absolute Gasteiger partial charge is 0.230 e. The summed E-state index contributed by atoms with van der Waals surface area (Å²) in [6.07, 6.45) is 3.85. The Morgan fingerprint density at radius 1 is 1.22 bits per heavy atom. The van der Waals surface area contributed by atoms with Crippen LogP contribution in [0.3, 0.4) is 0 Å². The van der Waals surface area contributed by atoms with Gasteiger partial charge in [-0.25, -0.2) is 4.98 Å². The van der Waals surface area contributed by atoms with Crippen LogP contribution >= 0.6 is 11.3 Å². The Balaban J connectivity index is 1.43. The highest BCUT2D eigenvalue weighted by Gasteiger charge is 2.13. The molecule has 0 saturated heterocycles. The van der Waals surface area contributed by atoms with E-state index in [1.165, 1.54) is 11.3 Å². The maximum absolute atomic E-state index is 12.5. The Morgan fingerprint density at radius 2 is 2.11 bits per heavy atom. The summed E-state index contributed by atoms with van der Waals surface area (Å²) in [6, 6.07) is 13.4. The van der Waals surface area contributed by atoms with Crippen molar-refractivity contribution in [1.29, 1.82) is 0 Å². The SMILES string of the molecule is Cc1ccc(-c2nc(CC(=O)Nc3ccccc3Cn3cccn3)cs2)o1. The van der Waals surface area contributed by atoms with Crippen LogP contribution in [-0.2, 0) is 17.8 Å². The van der Waals surface area contributed by atoms with Crippen LogP contribution < -0.4 is 5.32 Å². The molecule has 4 aromatic rings. The Morgan fingerprint density at radius 3 is 2.89 bits per heavy atom. The Bertz CT molecular complexity index is 1050. The van der Waals surface area contributed by atoms with Gasteiger partial charge in [-0.3, -0.25) is 9.48 Å². The molecule has 3 aromatic heterocycles. The molecular formula is C20H18N4O2S. The van der Waals surface area contributed by atoms with Crippen LogP contribution in [0.25, 0.3) is 10.8 Å². The van der Waals surface area contributed by atoms with Gasteiger partial charge < -0.3 is 9.73 Å². The Labute approximate surface area is 160 Å². The number of amides is 1. The van der Waals surface area contributed by atoms with Crippen molar-refractivity contribution in [3.05, 3.63) is 77.3 Å². The molecule has 3 heterocycles. The van der Waals surface area contributed by atoms with Crippen LogP contribution in [0.15, 0.2) is 64.7 Å². The molecule has 0 fully saturated rings. The number of rotatable bonds is 6. The van der Waals surface area contributed by atoms with Gasteiger partial charge in [-0.05, 0) is 36.8 Å². The second-order valence-corrected chi connectivity index (χ2v) is 7.00. The average Bonchev–Trinajstić information content (AvgIpc) is 3.39. The number of nitrogens with zero attached hydrogens (tertiary/aromatic N) is 3. The molecule has 7 heteroatoms. The van der Waals surface area contributed by atoms with Gasteiger partial charge in [0.05, 0.1) is 18.7 Å². The van der Waals surface area contributed by atoms with Crippen LogP contribution in [0.4, 0.5) is 5.69 Å². The lowest BCUT2D eigenvalue weighted by atomic mass is 10.1. The number of benzene rings is 1. The standard InChI is InChI=1S/C20H18N4O2S/c1-14-7-8-18(26-14)20-22-16(13-27-20)11-19(25)23-17-6-3-2-5-15(17)12-24-10-4-9-21-24/h2-10,13H,11-12H2,1H3,(H,23,25). The first-order chi connectivity index (χ1) is 13.2. The molecule has 0 aliphatic rings. The molecule has 1 N–H and O–H groups in total. The van der Waals surface area contributed by atoms with Crippen molar-refractivity contribution < 1.29 is 9.21 Å². The van der Waals surface area contributed by atoms with Gasteiger partial charge in [0.2, 0.25) is 5.91 Å². The quantitative estimate of drug-likeness (QED) is 0.547. The minimum Gasteiger partial charge on any atom is -0.459 e. The van der Waals surface area contributed by atoms with Crippen LogP contribution in [-0.4, -0.2) is 20.7 Å². The number of aromatic nitrogens is 3. The van der Waals surface area contributed by atoms with E-state index in [1.807, 2.05) is 65.6 Å². The van der Waals surface area contributed by atoms with Crippen molar-refractivity contribution >= 4 is 22.9 Å². The van der Waals surface area contributed by atoms with E-state index >= 15 is 0 Å². The van der Waals surface area contributed by atoms with Crippen LogP contribution in [0.1, 0.15) is 17.0 Å². The van der Waals surface area contributed by atoms with Gasteiger partial charge in [0.15, 0.2) is 10.8 Å². The molecule has 136 valence electrons. The summed E-state index contributed by atoms with van der Waals surface area (Å²) < 4.78 is 7.41. The summed E-state index contributed by atoms with van der Waals surface area (Å²) in [6.45, 7) is 2.49. The Hall–Kier alpha value is -3.19. The zero-order valence-corrected chi connectivity index (χ0v) is 15.6. The Kier molecular flexibility index (Phi) is 4.84. The van der Waals surface area contributed by atoms with E-state index in [9.17, 15) is 4.79 Å². The number of anilines is 1. The molecule has 0 unspecified atom stereocenters. The van der Waals surface area contributed by atoms with E-state index in [0.717, 1.165) is 33.5 Å². The number of aryl methyl sites for hydroxylation is 1. The van der Waals surface area contributed by atoms with Crippen molar-refractivity contribution in [3.63, 3.8) is 0 Å². The van der Waals surface area contributed by atoms with Crippen LogP contribution in [0, 0.1) is 6.92 Å². The van der Waals surface area contributed by atoms with Crippen molar-refractivity contribution in [2.45, 2.75) is 19.9 Å². The summed E-state index contributed by atoms with van der Waals surface area (Å²) in [5.74, 6) is 1.47. The number of para-hydroxylation sites is 1. The minimum atomic E-state index is -0.101. The predicted molar refractivity (Wildman–Crippen MR) is 105 cm³/mol. The number of carbonyl (C=O) groups excluding carboxylic acids is 1. The zero-order chi connectivity index (χ0) is 18.6. The summed E-state index contributed by atoms with van der Waals surface area (Å²) in [7, 11) is 0. The van der Waals surface area contributed by atoms with Crippen molar-refractivity contribution in [1.82, 2.24) is 14.8 Å². The lowest BCUT2D eigenvalue weighted by molar-refractivity contribution is -0.115. The molecular weight excluding hydrogens is 360 g/mol. The van der Waals surface area contributed by atoms with E-state index in [-0.39, 0.29) is 12.3 Å². The third kappa shape index (κ3) is 4.15. The summed E-state index contributed by atoms with van der Waals surface area (Å²) in [5.41, 5.74) is 2.51. The molecule has 0 aliphatic carbocycles. The van der Waals surface area contributed by atoms with Crippen molar-refractivity contribution in [2.24, 2.45) is 0 Å². The fourth-order valence-electron chi connectivity index (χ4n) is 2.76. The van der Waals surface area contributed by atoms with E-state index in [0.29, 0.717) is 6.54 Å². The van der Waals surface area contributed by atoms with Gasteiger partial charge in [-0.15, -0.1) is 11.3 Å². The lowest BCUT2D eigenvalue weighted by Gasteiger charge is -2.11. The van der Waals surface area contributed by atoms with Gasteiger partial charge in [0.1, 0.15) is 5.76 Å². The van der Waals surface area contributed by atoms with E-state index in [4.69, 9.17) is 4.42 Å². The average molecular weight is 378 g/mol. The summed E-state index contributed by atoms with van der Waals surface area (Å²) in [4.78, 5) is 17.0. The third-order valence-electron chi connectivity index (χ3n) is 4.03. The molecule has 27 heavy (non-hydrogen) atoms. The maximum Gasteiger partial charge on any atom is 0.230 e. The van der Waals surface area contributed by atoms with Crippen LogP contribution in [0.2, 0.25) is 0 Å². The first kappa shape index (κ1) is 17.2. The second kappa shape index (κ2) is 7.59. The maximum atomic E-state index is 12.5. The second-order valence-electron chi connectivity index (χ2n) is 6.14. The van der Waals surface area contributed by atoms with E-state index < -0.39 is 0 Å². The van der Waals surface area contributed by atoms with Gasteiger partial charge >= 0.3 is 0 Å². The number of hydrogen-bond acceptors (Lipinski definition) is 5. The lowest BCUT2D eigenvalue weighted by Crippen LogP contribution is -2.16. The van der Waals surface area contributed by atoms with Crippen LogP contribution in [0.5, 0.6) is 0 Å². The predicted octanol–water partition coefficient (Wildman–Crippen LogP) is 4.14. The fourth-order valence-corrected chi connectivity index (χ4v) is 3.54. The molecule has 1 aromatic carbocycles. The van der Waals surface area contributed by atoms with Gasteiger partial charge in [0, 0.05) is 23.5 Å². The van der Waals surface area contributed by atoms with Gasteiger partial charge in [-0.1, -0.05) is 18.2 Å². The van der Waals surface area contributed by atoms with E-state index in [1.54, 1.807) is 6.20 Å². The first-order valence-electron chi connectivity index (χ1n) is 8.54. The molecule has 1 amide bonds. The molecule has 0 aliphatic heterocycles. The van der Waals surface area contributed by atoms with Crippen molar-refractivity contribution in [2.75, 3.05) is 5.32 Å². The summed E-state index contributed by atoms with van der Waals surface area (Å²) in [5, 5.41) is 9.88. The monoisotopic (exact) mass is 378 g/mol. The number of nitrogens with one attached hydrogen (secondary N) is 1. The topological polar surface area (TPSA) is 73.0 Å². The molecule has 0 spiro atoms. The molecule has 0 saturated carbocycles. The minimum absolute atomic E-state index is 0.101. The zero-order valence-electron chi connectivity index (χ0n) is 14.8. The molecule has 0 bridgehead atoms. The first-order valence-corrected chi connectivity index (χ1v) is 9.42. The number of hydrogen-bond donors (Lipinski definition) is 1. The molecule has 4 rings (SSSR count). The van der Waals surface area contributed by atoms with E-state index in [2.05, 4.69) is 15.4 Å². The number of carbonyl (C=O) groups is 1. The molecule has 0 radical (unpaired) electrons. The van der Waals surface area contributed by atoms with Gasteiger partial charge in [0.25, 0.3) is 0 Å².